The predicted molar refractivity (Wildman–Crippen MR) is 77.3 cm³/mol. The molecule has 0 saturated heterocycles. The molecule has 1 aromatic rings. The summed E-state index contributed by atoms with van der Waals surface area (Å²) in [5, 5.41) is 23.3. The van der Waals surface area contributed by atoms with Crippen LogP contribution >= 0.6 is 15.9 Å². The van der Waals surface area contributed by atoms with Crippen LogP contribution in [0.5, 0.6) is 0 Å². The number of aliphatic hydroxyl groups excluding tert-OH is 1. The Morgan fingerprint density at radius 1 is 1.29 bits per heavy atom. The van der Waals surface area contributed by atoms with Crippen LogP contribution in [0.2, 0.25) is 0 Å². The molecule has 0 spiro atoms. The lowest BCUT2D eigenvalue weighted by Gasteiger charge is -2.27. The third-order valence-corrected chi connectivity index (χ3v) is 2.98. The first-order valence-corrected chi connectivity index (χ1v) is 7.03. The lowest BCUT2D eigenvalue weighted by Crippen LogP contribution is -2.52. The zero-order chi connectivity index (χ0) is 16.2. The van der Waals surface area contributed by atoms with E-state index in [4.69, 9.17) is 4.74 Å². The fourth-order valence-electron chi connectivity index (χ4n) is 1.55. The number of halogens is 1. The standard InChI is InChI=1S/C14H18BrNO5/c1-14(2,3)21-13(20)16-10(12(18)19)11(17)8-4-6-9(15)7-5-8/h4-7,10-11,17H,1-3H3,(H,16,20)(H,18,19)/p-1/t10-,11+/m1/s1. The van der Waals surface area contributed by atoms with Gasteiger partial charge in [0.25, 0.3) is 0 Å². The molecule has 21 heavy (non-hydrogen) atoms. The highest BCUT2D eigenvalue weighted by molar-refractivity contribution is 9.10. The molecule has 6 nitrogen and oxygen atoms in total. The monoisotopic (exact) mass is 358 g/mol. The quantitative estimate of drug-likeness (QED) is 0.840. The van der Waals surface area contributed by atoms with E-state index in [-0.39, 0.29) is 0 Å². The summed E-state index contributed by atoms with van der Waals surface area (Å²) in [6, 6.07) is 4.78. The van der Waals surface area contributed by atoms with Gasteiger partial charge in [0.05, 0.1) is 5.97 Å². The first-order chi connectivity index (χ1) is 9.60. The minimum atomic E-state index is -1.61. The average molecular weight is 359 g/mol. The van der Waals surface area contributed by atoms with Crippen molar-refractivity contribution < 1.29 is 24.5 Å². The molecule has 0 saturated carbocycles. The van der Waals surface area contributed by atoms with E-state index in [9.17, 15) is 19.8 Å². The molecule has 1 rings (SSSR count). The van der Waals surface area contributed by atoms with Crippen molar-refractivity contribution in [3.05, 3.63) is 34.3 Å². The molecule has 0 aliphatic heterocycles. The Morgan fingerprint density at radius 2 is 1.81 bits per heavy atom. The normalized spacial score (nSPS) is 14.1. The van der Waals surface area contributed by atoms with Crippen LogP contribution in [-0.4, -0.2) is 28.8 Å². The Kier molecular flexibility index (Phi) is 5.74. The lowest BCUT2D eigenvalue weighted by molar-refractivity contribution is -0.310. The van der Waals surface area contributed by atoms with Crippen molar-refractivity contribution in [1.82, 2.24) is 5.32 Å². The molecule has 2 atom stereocenters. The van der Waals surface area contributed by atoms with Crippen molar-refractivity contribution in [1.29, 1.82) is 0 Å². The largest absolute Gasteiger partial charge is 0.548 e. The van der Waals surface area contributed by atoms with Crippen molar-refractivity contribution >= 4 is 28.0 Å². The van der Waals surface area contributed by atoms with Crippen LogP contribution in [0.1, 0.15) is 32.4 Å². The number of nitrogens with one attached hydrogen (secondary N) is 1. The Morgan fingerprint density at radius 3 is 2.24 bits per heavy atom. The Labute approximate surface area is 131 Å². The number of carbonyl (C=O) groups excluding carboxylic acids is 2. The molecule has 0 aromatic heterocycles. The van der Waals surface area contributed by atoms with Gasteiger partial charge in [-0.05, 0) is 38.5 Å². The topological polar surface area (TPSA) is 98.7 Å². The van der Waals surface area contributed by atoms with Crippen molar-refractivity contribution in [2.24, 2.45) is 0 Å². The molecular weight excluding hydrogens is 342 g/mol. The van der Waals surface area contributed by atoms with Crippen LogP contribution in [0.25, 0.3) is 0 Å². The van der Waals surface area contributed by atoms with Gasteiger partial charge in [0.15, 0.2) is 0 Å². The van der Waals surface area contributed by atoms with Crippen LogP contribution in [-0.2, 0) is 9.53 Å². The van der Waals surface area contributed by atoms with Crippen molar-refractivity contribution in [2.75, 3.05) is 0 Å². The highest BCUT2D eigenvalue weighted by Crippen LogP contribution is 2.20. The van der Waals surface area contributed by atoms with Crippen molar-refractivity contribution in [2.45, 2.75) is 38.5 Å². The molecule has 0 bridgehead atoms. The van der Waals surface area contributed by atoms with Gasteiger partial charge in [-0.25, -0.2) is 4.79 Å². The number of carboxylic acids is 1. The molecule has 0 aliphatic rings. The van der Waals surface area contributed by atoms with Crippen molar-refractivity contribution in [3.8, 4) is 0 Å². The van der Waals surface area contributed by atoms with E-state index in [1.165, 1.54) is 0 Å². The second kappa shape index (κ2) is 6.91. The Balaban J connectivity index is 2.84. The summed E-state index contributed by atoms with van der Waals surface area (Å²) >= 11 is 3.23. The lowest BCUT2D eigenvalue weighted by atomic mass is 10.0. The third kappa shape index (κ3) is 5.73. The van der Waals surface area contributed by atoms with E-state index in [2.05, 4.69) is 21.2 Å². The zero-order valence-electron chi connectivity index (χ0n) is 11.9. The third-order valence-electron chi connectivity index (χ3n) is 2.45. The Bertz CT molecular complexity index is 509. The molecule has 0 unspecified atom stereocenters. The minimum absolute atomic E-state index is 0.337. The minimum Gasteiger partial charge on any atom is -0.548 e. The van der Waals surface area contributed by atoms with Gasteiger partial charge in [0.1, 0.15) is 17.7 Å². The summed E-state index contributed by atoms with van der Waals surface area (Å²) in [7, 11) is 0. The number of rotatable bonds is 4. The number of aliphatic carboxylic acids is 1. The molecule has 0 fully saturated rings. The Hall–Kier alpha value is -1.60. The summed E-state index contributed by atoms with van der Waals surface area (Å²) in [6.45, 7) is 4.93. The summed E-state index contributed by atoms with van der Waals surface area (Å²) < 4.78 is 5.74. The van der Waals surface area contributed by atoms with Gasteiger partial charge in [-0.1, -0.05) is 28.1 Å². The summed E-state index contributed by atoms with van der Waals surface area (Å²) in [4.78, 5) is 22.8. The first kappa shape index (κ1) is 17.5. The number of hydrogen-bond acceptors (Lipinski definition) is 5. The number of aliphatic hydroxyl groups is 1. The number of amides is 1. The maximum Gasteiger partial charge on any atom is 0.408 e. The van der Waals surface area contributed by atoms with Crippen LogP contribution in [0.15, 0.2) is 28.7 Å². The van der Waals surface area contributed by atoms with Crippen molar-refractivity contribution in [3.63, 3.8) is 0 Å². The van der Waals surface area contributed by atoms with Crippen LogP contribution < -0.4 is 10.4 Å². The van der Waals surface area contributed by atoms with E-state index in [1.807, 2.05) is 0 Å². The number of hydrogen-bond donors (Lipinski definition) is 2. The zero-order valence-corrected chi connectivity index (χ0v) is 13.5. The van der Waals surface area contributed by atoms with Gasteiger partial charge < -0.3 is 25.1 Å². The SMILES string of the molecule is CC(C)(C)OC(=O)N[C@@H](C(=O)[O-])[C@@H](O)c1ccc(Br)cc1. The molecular formula is C14H17BrNO5-. The molecule has 0 aliphatic carbocycles. The maximum absolute atomic E-state index is 11.6. The van der Waals surface area contributed by atoms with E-state index in [1.54, 1.807) is 45.0 Å². The molecule has 116 valence electrons. The van der Waals surface area contributed by atoms with Crippen LogP contribution in [0, 0.1) is 0 Å². The van der Waals surface area contributed by atoms with Gasteiger partial charge in [0.2, 0.25) is 0 Å². The van der Waals surface area contributed by atoms with E-state index >= 15 is 0 Å². The van der Waals surface area contributed by atoms with Gasteiger partial charge >= 0.3 is 6.09 Å². The number of ether oxygens (including phenoxy) is 1. The maximum atomic E-state index is 11.6. The number of carboxylic acid groups (broad SMARTS) is 1. The molecule has 0 radical (unpaired) electrons. The first-order valence-electron chi connectivity index (χ1n) is 6.24. The molecule has 1 amide bonds. The molecule has 2 N–H and O–H groups in total. The van der Waals surface area contributed by atoms with E-state index in [0.717, 1.165) is 4.47 Å². The van der Waals surface area contributed by atoms with E-state index in [0.29, 0.717) is 5.56 Å². The molecule has 1 aromatic carbocycles. The second-order valence-electron chi connectivity index (χ2n) is 5.44. The van der Waals surface area contributed by atoms with Gasteiger partial charge in [-0.3, -0.25) is 0 Å². The fourth-order valence-corrected chi connectivity index (χ4v) is 1.82. The van der Waals surface area contributed by atoms with Gasteiger partial charge in [0, 0.05) is 4.47 Å². The summed E-state index contributed by atoms with van der Waals surface area (Å²) in [5.74, 6) is -1.60. The predicted octanol–water partition coefficient (Wildman–Crippen LogP) is 1.13. The smallest absolute Gasteiger partial charge is 0.408 e. The summed E-state index contributed by atoms with van der Waals surface area (Å²) in [5.41, 5.74) is -0.438. The summed E-state index contributed by atoms with van der Waals surface area (Å²) in [6.07, 6.45) is -2.39. The highest BCUT2D eigenvalue weighted by Gasteiger charge is 2.26. The number of alkyl carbamates (subject to hydrolysis) is 1. The second-order valence-corrected chi connectivity index (χ2v) is 6.36. The van der Waals surface area contributed by atoms with Gasteiger partial charge in [-0.15, -0.1) is 0 Å². The van der Waals surface area contributed by atoms with Crippen LogP contribution in [0.4, 0.5) is 4.79 Å². The molecule has 0 heterocycles. The number of carbonyl (C=O) groups is 2. The highest BCUT2D eigenvalue weighted by atomic mass is 79.9. The van der Waals surface area contributed by atoms with Crippen LogP contribution in [0.3, 0.4) is 0 Å². The average Bonchev–Trinajstić information content (AvgIpc) is 2.33. The molecule has 7 heteroatoms. The number of benzene rings is 1. The fraction of sp³-hybridized carbons (Fsp3) is 0.429. The van der Waals surface area contributed by atoms with Gasteiger partial charge in [-0.2, -0.15) is 0 Å². The van der Waals surface area contributed by atoms with E-state index < -0.39 is 29.8 Å².